The summed E-state index contributed by atoms with van der Waals surface area (Å²) in [5, 5.41) is 12.3. The van der Waals surface area contributed by atoms with Crippen LogP contribution in [0.3, 0.4) is 0 Å². The molecule has 0 aliphatic carbocycles. The maximum absolute atomic E-state index is 5.48. The predicted octanol–water partition coefficient (Wildman–Crippen LogP) is 4.05. The van der Waals surface area contributed by atoms with Gasteiger partial charge in [-0.25, -0.2) is 0 Å². The van der Waals surface area contributed by atoms with Gasteiger partial charge in [0.05, 0.1) is 14.2 Å². The fourth-order valence-corrected chi connectivity index (χ4v) is 3.65. The molecule has 0 unspecified atom stereocenters. The van der Waals surface area contributed by atoms with Crippen LogP contribution in [0.4, 0.5) is 5.13 Å². The number of ether oxygens (including phenoxy) is 2. The Morgan fingerprint density at radius 2 is 2.09 bits per heavy atom. The summed E-state index contributed by atoms with van der Waals surface area (Å²) in [6, 6.07) is 5.93. The first-order valence-corrected chi connectivity index (χ1v) is 9.17. The minimum atomic E-state index is 0.737. The number of anilines is 1. The number of halogens is 1. The van der Waals surface area contributed by atoms with E-state index >= 15 is 0 Å². The van der Waals surface area contributed by atoms with Crippen molar-refractivity contribution < 1.29 is 9.47 Å². The highest BCUT2D eigenvalue weighted by Gasteiger charge is 2.06. The van der Waals surface area contributed by atoms with E-state index in [-0.39, 0.29) is 0 Å². The van der Waals surface area contributed by atoms with Crippen LogP contribution < -0.4 is 14.8 Å². The van der Waals surface area contributed by atoms with E-state index in [0.29, 0.717) is 0 Å². The van der Waals surface area contributed by atoms with Gasteiger partial charge >= 0.3 is 0 Å². The topological polar surface area (TPSA) is 56.3 Å². The summed E-state index contributed by atoms with van der Waals surface area (Å²) in [5.41, 5.74) is 2.68. The van der Waals surface area contributed by atoms with Crippen molar-refractivity contribution >= 4 is 39.8 Å². The lowest BCUT2D eigenvalue weighted by Gasteiger charge is -2.09. The van der Waals surface area contributed by atoms with Crippen molar-refractivity contribution in [3.8, 4) is 11.5 Å². The van der Waals surface area contributed by atoms with E-state index < -0.39 is 0 Å². The van der Waals surface area contributed by atoms with Crippen LogP contribution in [0.5, 0.6) is 11.5 Å². The summed E-state index contributed by atoms with van der Waals surface area (Å²) in [7, 11) is 3.27. The second-order valence-electron chi connectivity index (χ2n) is 4.41. The molecule has 0 fully saturated rings. The van der Waals surface area contributed by atoms with Gasteiger partial charge in [0.25, 0.3) is 0 Å². The smallest absolute Gasteiger partial charge is 0.206 e. The third-order valence-electron chi connectivity index (χ3n) is 2.94. The molecule has 124 valence electrons. The molecule has 1 N–H and O–H groups in total. The van der Waals surface area contributed by atoms with Gasteiger partial charge in [0.15, 0.2) is 15.8 Å². The average Bonchev–Trinajstić information content (AvgIpc) is 3.02. The van der Waals surface area contributed by atoms with Gasteiger partial charge in [-0.2, -0.15) is 0 Å². The fraction of sp³-hybridized carbons (Fsp3) is 0.333. The van der Waals surface area contributed by atoms with Gasteiger partial charge in [-0.3, -0.25) is 0 Å². The van der Waals surface area contributed by atoms with E-state index in [9.17, 15) is 0 Å². The summed E-state index contributed by atoms with van der Waals surface area (Å²) >= 11 is 8.63. The molecule has 0 saturated heterocycles. The van der Waals surface area contributed by atoms with Crippen LogP contribution in [0, 0.1) is 0 Å². The first-order chi connectivity index (χ1) is 11.3. The molecular formula is C15H18ClN3O2S2. The van der Waals surface area contributed by atoms with Gasteiger partial charge in [-0.15, -0.1) is 10.2 Å². The first-order valence-electron chi connectivity index (χ1n) is 6.93. The fourth-order valence-electron chi connectivity index (χ4n) is 1.85. The lowest BCUT2D eigenvalue weighted by atomic mass is 10.1. The Labute approximate surface area is 149 Å². The molecule has 0 aliphatic rings. The molecule has 1 aromatic heterocycles. The van der Waals surface area contributed by atoms with Crippen LogP contribution in [-0.4, -0.2) is 36.7 Å². The molecule has 2 aromatic rings. The second kappa shape index (κ2) is 9.64. The molecule has 0 atom stereocenters. The standard InChI is InChI=1S/C15H18ClN3O2S2/c1-20-12-5-4-11(10-13(12)21-2)6-8-17-14-18-19-15(23-14)22-9-3-7-16/h3-5,7,10H,6,8-9H2,1-2H3,(H,17,18)/b7-3+. The van der Waals surface area contributed by atoms with Gasteiger partial charge < -0.3 is 14.8 Å². The Balaban J connectivity index is 1.83. The lowest BCUT2D eigenvalue weighted by molar-refractivity contribution is 0.354. The second-order valence-corrected chi connectivity index (χ2v) is 6.91. The first kappa shape index (κ1) is 17.9. The summed E-state index contributed by atoms with van der Waals surface area (Å²) < 4.78 is 11.5. The van der Waals surface area contributed by atoms with Gasteiger partial charge in [0.1, 0.15) is 0 Å². The van der Waals surface area contributed by atoms with Crippen LogP contribution in [0.25, 0.3) is 0 Å². The Hall–Kier alpha value is -1.44. The molecular weight excluding hydrogens is 354 g/mol. The molecule has 2 rings (SSSR count). The molecule has 0 bridgehead atoms. The third-order valence-corrected chi connectivity index (χ3v) is 5.08. The number of hydrogen-bond acceptors (Lipinski definition) is 7. The number of nitrogens with one attached hydrogen (secondary N) is 1. The molecule has 0 spiro atoms. The summed E-state index contributed by atoms with van der Waals surface area (Å²) in [6.45, 7) is 0.774. The summed E-state index contributed by atoms with van der Waals surface area (Å²) in [5.74, 6) is 2.27. The number of methoxy groups -OCH3 is 2. The molecule has 0 radical (unpaired) electrons. The number of thioether (sulfide) groups is 1. The zero-order valence-corrected chi connectivity index (χ0v) is 15.3. The zero-order valence-electron chi connectivity index (χ0n) is 12.9. The van der Waals surface area contributed by atoms with Crippen LogP contribution >= 0.6 is 34.7 Å². The van der Waals surface area contributed by atoms with E-state index in [0.717, 1.165) is 39.7 Å². The Morgan fingerprint density at radius 1 is 1.26 bits per heavy atom. The van der Waals surface area contributed by atoms with Crippen molar-refractivity contribution in [2.75, 3.05) is 31.8 Å². The Morgan fingerprint density at radius 3 is 2.83 bits per heavy atom. The molecule has 0 aliphatic heterocycles. The van der Waals surface area contributed by atoms with Gasteiger partial charge in [0.2, 0.25) is 5.13 Å². The Bertz CT molecular complexity index is 649. The molecule has 1 aromatic carbocycles. The average molecular weight is 372 g/mol. The number of hydrogen-bond donors (Lipinski definition) is 1. The van der Waals surface area contributed by atoms with Crippen LogP contribution in [-0.2, 0) is 6.42 Å². The largest absolute Gasteiger partial charge is 0.493 e. The predicted molar refractivity (Wildman–Crippen MR) is 97.4 cm³/mol. The molecule has 0 saturated carbocycles. The van der Waals surface area contributed by atoms with E-state index in [1.54, 1.807) is 37.3 Å². The van der Waals surface area contributed by atoms with E-state index in [1.165, 1.54) is 11.1 Å². The maximum atomic E-state index is 5.48. The monoisotopic (exact) mass is 371 g/mol. The molecule has 1 heterocycles. The molecule has 23 heavy (non-hydrogen) atoms. The number of rotatable bonds is 9. The van der Waals surface area contributed by atoms with Gasteiger partial charge in [0, 0.05) is 17.8 Å². The number of benzene rings is 1. The van der Waals surface area contributed by atoms with Crippen molar-refractivity contribution in [1.82, 2.24) is 10.2 Å². The quantitative estimate of drug-likeness (QED) is 0.671. The van der Waals surface area contributed by atoms with Gasteiger partial charge in [-0.1, -0.05) is 46.8 Å². The third kappa shape index (κ3) is 5.60. The lowest BCUT2D eigenvalue weighted by Crippen LogP contribution is -2.04. The maximum Gasteiger partial charge on any atom is 0.206 e. The zero-order chi connectivity index (χ0) is 16.5. The van der Waals surface area contributed by atoms with Crippen LogP contribution in [0.15, 0.2) is 34.1 Å². The molecule has 5 nitrogen and oxygen atoms in total. The van der Waals surface area contributed by atoms with Crippen LogP contribution in [0.2, 0.25) is 0 Å². The summed E-state index contributed by atoms with van der Waals surface area (Å²) in [6.07, 6.45) is 2.73. The normalized spacial score (nSPS) is 10.9. The van der Waals surface area contributed by atoms with E-state index in [4.69, 9.17) is 21.1 Å². The highest BCUT2D eigenvalue weighted by atomic mass is 35.5. The highest BCUT2D eigenvalue weighted by molar-refractivity contribution is 8.01. The SMILES string of the molecule is COc1ccc(CCNc2nnc(SC/C=C/Cl)s2)cc1OC. The van der Waals surface area contributed by atoms with E-state index in [2.05, 4.69) is 15.5 Å². The number of aromatic nitrogens is 2. The summed E-state index contributed by atoms with van der Waals surface area (Å²) in [4.78, 5) is 0. The van der Waals surface area contributed by atoms with Gasteiger partial charge in [-0.05, 0) is 24.1 Å². The molecule has 0 amide bonds. The van der Waals surface area contributed by atoms with Crippen molar-refractivity contribution in [2.45, 2.75) is 10.8 Å². The van der Waals surface area contributed by atoms with Crippen molar-refractivity contribution in [1.29, 1.82) is 0 Å². The van der Waals surface area contributed by atoms with Crippen molar-refractivity contribution in [3.63, 3.8) is 0 Å². The Kier molecular flexibility index (Phi) is 7.51. The minimum absolute atomic E-state index is 0.737. The minimum Gasteiger partial charge on any atom is -0.493 e. The van der Waals surface area contributed by atoms with Crippen molar-refractivity contribution in [2.24, 2.45) is 0 Å². The molecule has 8 heteroatoms. The van der Waals surface area contributed by atoms with Crippen LogP contribution in [0.1, 0.15) is 5.56 Å². The van der Waals surface area contributed by atoms with Crippen molar-refractivity contribution in [3.05, 3.63) is 35.4 Å². The number of nitrogens with zero attached hydrogens (tertiary/aromatic N) is 2. The van der Waals surface area contributed by atoms with E-state index in [1.807, 2.05) is 24.3 Å². The highest BCUT2D eigenvalue weighted by Crippen LogP contribution is 2.28.